The van der Waals surface area contributed by atoms with Crippen LogP contribution in [0.2, 0.25) is 0 Å². The van der Waals surface area contributed by atoms with Crippen molar-refractivity contribution in [2.24, 2.45) is 40.9 Å². The van der Waals surface area contributed by atoms with Gasteiger partial charge in [0.1, 0.15) is 48.6 Å². The number of fused-ring (bicyclic) bond motifs is 1. The van der Waals surface area contributed by atoms with Crippen molar-refractivity contribution in [3.8, 4) is 46.0 Å². The first-order valence-corrected chi connectivity index (χ1v) is 40.9. The first kappa shape index (κ1) is 97.8. The van der Waals surface area contributed by atoms with Gasteiger partial charge in [0.05, 0.1) is 89.5 Å². The predicted molar refractivity (Wildman–Crippen MR) is 487 cm³/mol. The number of anilines is 5. The molecule has 0 saturated carbocycles. The Bertz CT molecular complexity index is 5940. The Morgan fingerprint density at radius 2 is 0.569 bits per heavy atom. The number of carbonyl (C=O) groups is 8. The van der Waals surface area contributed by atoms with Gasteiger partial charge in [-0.15, -0.1) is 0 Å². The number of nitrogens with one attached hydrogen (secondary N) is 5. The van der Waals surface area contributed by atoms with Crippen LogP contribution in [0.5, 0.6) is 46.0 Å². The third-order valence-corrected chi connectivity index (χ3v) is 18.5. The van der Waals surface area contributed by atoms with Crippen LogP contribution >= 0.6 is 0 Å². The number of benzene rings is 11. The maximum absolute atomic E-state index is 13.3. The van der Waals surface area contributed by atoms with Crippen molar-refractivity contribution in [1.82, 2.24) is 0 Å². The molecule has 0 heterocycles. The van der Waals surface area contributed by atoms with Crippen molar-refractivity contribution in [2.75, 3.05) is 86.0 Å². The van der Waals surface area contributed by atoms with E-state index in [4.69, 9.17) is 65.3 Å². The summed E-state index contributed by atoms with van der Waals surface area (Å²) in [5, 5.41) is 68.6. The molecule has 0 aliphatic heterocycles. The number of hydrogen-bond acceptors (Lipinski definition) is 24. The van der Waals surface area contributed by atoms with Crippen molar-refractivity contribution in [1.29, 1.82) is 0 Å². The van der Waals surface area contributed by atoms with Gasteiger partial charge in [0, 0.05) is 87.3 Å². The lowest BCUT2D eigenvalue weighted by atomic mass is 10.1. The van der Waals surface area contributed by atoms with E-state index in [2.05, 4.69) is 32.7 Å². The smallest absolute Gasteiger partial charge is 0.310 e. The zero-order chi connectivity index (χ0) is 94.3. The van der Waals surface area contributed by atoms with Gasteiger partial charge in [-0.3, -0.25) is 68.7 Å². The number of aliphatic hydroxyl groups excluding tert-OH is 2. The number of nitrogens with zero attached hydrogens (tertiary/aromatic N) is 3. The van der Waals surface area contributed by atoms with Crippen molar-refractivity contribution in [3.05, 3.63) is 304 Å². The number of nitro groups is 3. The minimum absolute atomic E-state index is 0.0157. The maximum Gasteiger partial charge on any atom is 0.310 e. The molecule has 0 fully saturated rings. The fraction of sp³-hybridized carbons (Fsp3) is 0.242. The summed E-state index contributed by atoms with van der Waals surface area (Å²) in [5.41, 5.74) is 20.0. The van der Waals surface area contributed by atoms with E-state index in [1.54, 1.807) is 0 Å². The molecule has 0 atom stereocenters. The lowest BCUT2D eigenvalue weighted by molar-refractivity contribution is -0.386. The van der Waals surface area contributed by atoms with Crippen molar-refractivity contribution < 1.29 is 101 Å². The zero-order valence-electron chi connectivity index (χ0n) is 72.3. The van der Waals surface area contributed by atoms with Gasteiger partial charge >= 0.3 is 17.1 Å². The lowest BCUT2D eigenvalue weighted by Gasteiger charge is -2.17. The molecule has 35 nitrogen and oxygen atoms in total. The van der Waals surface area contributed by atoms with E-state index in [-0.39, 0.29) is 208 Å². The Balaban J connectivity index is 0.000000220. The molecule has 0 aliphatic rings. The summed E-state index contributed by atoms with van der Waals surface area (Å²) in [5.74, 6) is -3.26. The average Bonchev–Trinajstić information content (AvgIpc) is 0.801. The van der Waals surface area contributed by atoms with Crippen LogP contribution in [0.25, 0.3) is 10.8 Å². The Morgan fingerprint density at radius 3 is 0.900 bits per heavy atom. The summed E-state index contributed by atoms with van der Waals surface area (Å²) in [7, 11) is 0. The van der Waals surface area contributed by atoms with Crippen LogP contribution < -0.4 is 81.7 Å². The van der Waals surface area contributed by atoms with Crippen LogP contribution in [0.15, 0.2) is 218 Å². The molecule has 0 unspecified atom stereocenters. The van der Waals surface area contributed by atoms with Crippen molar-refractivity contribution in [3.63, 3.8) is 0 Å². The lowest BCUT2D eigenvalue weighted by Crippen LogP contribution is -2.17. The summed E-state index contributed by atoms with van der Waals surface area (Å²) in [6.45, 7) is 16.1. The molecule has 0 radical (unpaired) electrons. The summed E-state index contributed by atoms with van der Waals surface area (Å²) in [4.78, 5) is 134. The van der Waals surface area contributed by atoms with Gasteiger partial charge in [-0.2, -0.15) is 0 Å². The normalized spacial score (nSPS) is 10.8. The van der Waals surface area contributed by atoms with E-state index >= 15 is 0 Å². The van der Waals surface area contributed by atoms with E-state index in [0.717, 1.165) is 28.0 Å². The Labute approximate surface area is 746 Å². The molecule has 11 aromatic carbocycles. The number of aliphatic hydroxyl groups is 2. The summed E-state index contributed by atoms with van der Waals surface area (Å²) >= 11 is 0. The second-order valence-electron chi connectivity index (χ2n) is 30.8. The number of nitro benzene ring substituents is 3. The quantitative estimate of drug-likeness (QED) is 0.0126. The number of primary amides is 3. The maximum atomic E-state index is 13.3. The molecule has 678 valence electrons. The molecular weight excluding hydrogens is 1680 g/mol. The SMILES string of the molecule is CC(C)COc1cc(C(=O)Nc2ccc(C(N)=O)cc2OCCO)ccc1NC(=O)c1ccc([N+](=O)[O-])c(OCC(C)C)c1.CC(C)COc1cc(C(N)=O)ccc1NC(=O)c1ccc(NC(=O)c2ccc([N+](=O)[O-])c(OCCO)c2)c(OCC(C)C)c1.NC(=O)c1ccc(NC(=O)c2ccc([N+](=O)[O-])c(OCCc3ccc4ccccc4c3)c2)c(OCc2ccccc2)c1. The molecule has 130 heavy (non-hydrogen) atoms. The molecule has 0 saturated heterocycles. The molecule has 0 bridgehead atoms. The third-order valence-electron chi connectivity index (χ3n) is 18.5. The van der Waals surface area contributed by atoms with Gasteiger partial charge in [-0.1, -0.05) is 128 Å². The molecule has 11 rings (SSSR count). The van der Waals surface area contributed by atoms with Crippen LogP contribution in [-0.4, -0.2) is 132 Å². The summed E-state index contributed by atoms with van der Waals surface area (Å²) < 4.78 is 45.7. The number of carbonyl (C=O) groups excluding carboxylic acids is 8. The minimum atomic E-state index is -0.686. The number of amides is 8. The molecule has 13 N–H and O–H groups in total. The largest absolute Gasteiger partial charge is 0.491 e. The van der Waals surface area contributed by atoms with Gasteiger partial charge in [0.15, 0.2) is 17.2 Å². The molecule has 11 aromatic rings. The molecule has 35 heteroatoms. The van der Waals surface area contributed by atoms with Crippen molar-refractivity contribution >= 4 is 104 Å². The fourth-order valence-corrected chi connectivity index (χ4v) is 12.0. The van der Waals surface area contributed by atoms with E-state index in [0.29, 0.717) is 24.4 Å². The zero-order valence-corrected chi connectivity index (χ0v) is 72.3. The first-order valence-electron chi connectivity index (χ1n) is 40.9. The van der Waals surface area contributed by atoms with Gasteiger partial charge in [-0.05, 0) is 155 Å². The van der Waals surface area contributed by atoms with E-state index < -0.39 is 62.0 Å². The highest BCUT2D eigenvalue weighted by atomic mass is 16.6. The summed E-state index contributed by atoms with van der Waals surface area (Å²) in [6.07, 6.45) is 0.521. The van der Waals surface area contributed by atoms with Gasteiger partial charge < -0.3 is 91.9 Å². The Kier molecular flexibility index (Phi) is 35.6. The second-order valence-corrected chi connectivity index (χ2v) is 30.8. The van der Waals surface area contributed by atoms with Gasteiger partial charge in [0.2, 0.25) is 17.7 Å². The molecule has 0 spiro atoms. The third kappa shape index (κ3) is 28.8. The van der Waals surface area contributed by atoms with Crippen molar-refractivity contribution in [2.45, 2.75) is 68.4 Å². The molecule has 0 aliphatic carbocycles. The van der Waals surface area contributed by atoms with Crippen LogP contribution in [0.1, 0.15) is 149 Å². The number of hydrogen-bond donors (Lipinski definition) is 10. The molecule has 0 aromatic heterocycles. The van der Waals surface area contributed by atoms with Crippen LogP contribution in [-0.2, 0) is 13.0 Å². The van der Waals surface area contributed by atoms with E-state index in [1.165, 1.54) is 140 Å². The average molecular weight is 1780 g/mol. The van der Waals surface area contributed by atoms with E-state index in [1.807, 2.05) is 122 Å². The predicted octanol–water partition coefficient (Wildman–Crippen LogP) is 15.6. The molecule has 8 amide bonds. The Morgan fingerprint density at radius 1 is 0.300 bits per heavy atom. The standard InChI is InChI=1S/C33H27N3O6.2C31H36N4O9/c34-32(37)26-12-14-28(30(19-26)42-21-23-6-2-1-3-7-23)35-33(38)27-13-15-29(36(39)40)31(20-27)41-17-16-22-10-11-24-8-4-5-9-25(24)18-22;1-18(2)16-43-26-13-20(29(32)37)5-8-23(26)33-30(38)21-6-9-24(27(14-21)44-17-19(3)4)34-31(39)22-7-10-25(35(40)41)28(15-22)42-12-11-36;1-18(2)16-43-27-14-21(30(38)33-23-8-5-20(29(32)37)13-26(23)42-12-11-36)6-9-24(27)34-31(39)22-7-10-25(35(40)41)28(15-22)44-17-19(3)4/h1-15,18-20H,16-17,21H2,(H2,34,37)(H,35,38);2*5-10,13-15,18-19,36H,11-12,16-17H2,1-4H3,(H2,32,37)(H,33,38)(H,34,39). The minimum Gasteiger partial charge on any atom is -0.491 e. The van der Waals surface area contributed by atoms with Gasteiger partial charge in [-0.25, -0.2) is 0 Å². The van der Waals surface area contributed by atoms with Crippen LogP contribution in [0.3, 0.4) is 0 Å². The second kappa shape index (κ2) is 47.3. The monoisotopic (exact) mass is 1780 g/mol. The summed E-state index contributed by atoms with van der Waals surface area (Å²) in [6, 6.07) is 56.9. The Hall–Kier alpha value is -16.0. The first-order chi connectivity index (χ1) is 62.1. The number of ether oxygens (including phenoxy) is 8. The highest BCUT2D eigenvalue weighted by molar-refractivity contribution is 6.11. The molecular formula is C95H99N11O24. The highest BCUT2D eigenvalue weighted by Gasteiger charge is 2.27. The number of rotatable bonds is 41. The van der Waals surface area contributed by atoms with Crippen LogP contribution in [0.4, 0.5) is 45.5 Å². The fourth-order valence-electron chi connectivity index (χ4n) is 12.0. The van der Waals surface area contributed by atoms with Crippen LogP contribution in [0, 0.1) is 54.0 Å². The topological polar surface area (TPSA) is 518 Å². The van der Waals surface area contributed by atoms with Gasteiger partial charge in [0.25, 0.3) is 29.5 Å². The van der Waals surface area contributed by atoms with E-state index in [9.17, 15) is 68.7 Å². The number of nitrogens with two attached hydrogens (primary N) is 3. The highest BCUT2D eigenvalue weighted by Crippen LogP contribution is 2.38.